The van der Waals surface area contributed by atoms with Gasteiger partial charge < -0.3 is 10.6 Å². The highest BCUT2D eigenvalue weighted by Gasteiger charge is 2.27. The Morgan fingerprint density at radius 3 is 2.84 bits per heavy atom. The Labute approximate surface area is 151 Å². The third-order valence-electron chi connectivity index (χ3n) is 4.76. The van der Waals surface area contributed by atoms with E-state index in [1.807, 2.05) is 35.2 Å². The summed E-state index contributed by atoms with van der Waals surface area (Å²) in [6.45, 7) is 4.96. The zero-order valence-corrected chi connectivity index (χ0v) is 15.3. The number of rotatable bonds is 2. The molecule has 25 heavy (non-hydrogen) atoms. The Morgan fingerprint density at radius 2 is 2.04 bits per heavy atom. The number of nitrogen functional groups attached to an aromatic ring is 1. The molecule has 2 aromatic heterocycles. The van der Waals surface area contributed by atoms with Gasteiger partial charge in [-0.2, -0.15) is 0 Å². The number of fused-ring (bicyclic) bond motifs is 2. The smallest absolute Gasteiger partial charge is 0.270 e. The van der Waals surface area contributed by atoms with E-state index < -0.39 is 0 Å². The molecule has 3 heterocycles. The van der Waals surface area contributed by atoms with Gasteiger partial charge >= 0.3 is 0 Å². The quantitative estimate of drug-likeness (QED) is 0.734. The summed E-state index contributed by atoms with van der Waals surface area (Å²) in [5.74, 6) is 0.333. The van der Waals surface area contributed by atoms with Crippen LogP contribution in [0.4, 0.5) is 11.4 Å². The van der Waals surface area contributed by atoms with E-state index in [2.05, 4.69) is 19.9 Å². The fraction of sp³-hybridized carbons (Fsp3) is 0.300. The van der Waals surface area contributed by atoms with Crippen molar-refractivity contribution in [3.63, 3.8) is 0 Å². The van der Waals surface area contributed by atoms with E-state index in [-0.39, 0.29) is 5.91 Å². The number of aryl methyl sites for hydroxylation is 1. The number of amides is 1. The number of carbonyl (C=O) groups is 1. The molecule has 128 valence electrons. The van der Waals surface area contributed by atoms with Gasteiger partial charge in [0.05, 0.1) is 5.69 Å². The van der Waals surface area contributed by atoms with Gasteiger partial charge in [-0.1, -0.05) is 32.0 Å². The molecular formula is C20H21N3OS. The van der Waals surface area contributed by atoms with Gasteiger partial charge in [0.1, 0.15) is 9.71 Å². The van der Waals surface area contributed by atoms with Crippen molar-refractivity contribution in [2.75, 3.05) is 17.2 Å². The zero-order valence-electron chi connectivity index (χ0n) is 14.5. The zero-order chi connectivity index (χ0) is 17.6. The molecule has 3 aromatic rings. The Bertz CT molecular complexity index is 961. The van der Waals surface area contributed by atoms with E-state index in [1.165, 1.54) is 16.9 Å². The second kappa shape index (κ2) is 6.15. The summed E-state index contributed by atoms with van der Waals surface area (Å²) in [7, 11) is 0. The summed E-state index contributed by atoms with van der Waals surface area (Å²) in [6.07, 6.45) is 1.99. The third kappa shape index (κ3) is 2.68. The van der Waals surface area contributed by atoms with Gasteiger partial charge in [0, 0.05) is 23.3 Å². The molecule has 2 N–H and O–H groups in total. The topological polar surface area (TPSA) is 59.2 Å². The highest BCUT2D eigenvalue weighted by atomic mass is 32.1. The SMILES string of the molecule is CC(C)c1ccc2c(N)c(C(=O)N3CCCc4ccccc43)sc2n1. The van der Waals surface area contributed by atoms with Crippen LogP contribution < -0.4 is 10.6 Å². The molecule has 1 aromatic carbocycles. The maximum Gasteiger partial charge on any atom is 0.270 e. The fourth-order valence-corrected chi connectivity index (χ4v) is 4.41. The first-order valence-corrected chi connectivity index (χ1v) is 9.46. The highest BCUT2D eigenvalue weighted by Crippen LogP contribution is 2.36. The van der Waals surface area contributed by atoms with Crippen molar-refractivity contribution < 1.29 is 4.79 Å². The van der Waals surface area contributed by atoms with E-state index in [9.17, 15) is 4.79 Å². The molecular weight excluding hydrogens is 330 g/mol. The average Bonchev–Trinajstić information content (AvgIpc) is 2.97. The lowest BCUT2D eigenvalue weighted by Gasteiger charge is -2.29. The van der Waals surface area contributed by atoms with Crippen LogP contribution in [0.5, 0.6) is 0 Å². The standard InChI is InChI=1S/C20H21N3OS/c1-12(2)15-10-9-14-17(21)18(25-19(14)22-15)20(24)23-11-5-7-13-6-3-4-8-16(13)23/h3-4,6,8-10,12H,5,7,11,21H2,1-2H3. The molecule has 0 saturated carbocycles. The molecule has 4 nitrogen and oxygen atoms in total. The predicted octanol–water partition coefficient (Wildman–Crippen LogP) is 4.59. The van der Waals surface area contributed by atoms with Crippen LogP contribution in [-0.2, 0) is 6.42 Å². The molecule has 0 saturated heterocycles. The summed E-state index contributed by atoms with van der Waals surface area (Å²) in [6, 6.07) is 12.1. The third-order valence-corrected chi connectivity index (χ3v) is 5.86. The summed E-state index contributed by atoms with van der Waals surface area (Å²) in [5, 5.41) is 0.878. The van der Waals surface area contributed by atoms with Crippen LogP contribution in [0.15, 0.2) is 36.4 Å². The Hall–Kier alpha value is -2.40. The average molecular weight is 351 g/mol. The molecule has 1 amide bonds. The molecule has 0 fully saturated rings. The molecule has 0 bridgehead atoms. The predicted molar refractivity (Wildman–Crippen MR) is 105 cm³/mol. The lowest BCUT2D eigenvalue weighted by atomic mass is 10.0. The number of hydrogen-bond acceptors (Lipinski definition) is 4. The van der Waals surface area contributed by atoms with E-state index in [0.717, 1.165) is 41.0 Å². The molecule has 1 aliphatic rings. The van der Waals surface area contributed by atoms with Crippen molar-refractivity contribution in [3.05, 3.63) is 52.5 Å². The maximum absolute atomic E-state index is 13.2. The number of thiophene rings is 1. The largest absolute Gasteiger partial charge is 0.397 e. The van der Waals surface area contributed by atoms with E-state index >= 15 is 0 Å². The number of benzene rings is 1. The van der Waals surface area contributed by atoms with Gasteiger partial charge in [0.2, 0.25) is 0 Å². The number of aromatic nitrogens is 1. The number of nitrogens with two attached hydrogens (primary N) is 1. The second-order valence-electron chi connectivity index (χ2n) is 6.78. The highest BCUT2D eigenvalue weighted by molar-refractivity contribution is 7.21. The number of nitrogens with zero attached hydrogens (tertiary/aromatic N) is 2. The molecule has 0 atom stereocenters. The summed E-state index contributed by atoms with van der Waals surface area (Å²) in [5.41, 5.74) is 10.1. The first-order valence-electron chi connectivity index (χ1n) is 8.65. The van der Waals surface area contributed by atoms with Gasteiger partial charge in [-0.3, -0.25) is 4.79 Å². The summed E-state index contributed by atoms with van der Waals surface area (Å²) < 4.78 is 0. The van der Waals surface area contributed by atoms with Crippen LogP contribution in [0.1, 0.15) is 47.1 Å². The van der Waals surface area contributed by atoms with Gasteiger partial charge in [0.15, 0.2) is 0 Å². The van der Waals surface area contributed by atoms with Crippen LogP contribution in [0, 0.1) is 0 Å². The normalized spacial score (nSPS) is 14.1. The van der Waals surface area contributed by atoms with Crippen molar-refractivity contribution in [2.45, 2.75) is 32.6 Å². The minimum atomic E-state index is -0.0150. The second-order valence-corrected chi connectivity index (χ2v) is 7.78. The lowest BCUT2D eigenvalue weighted by Crippen LogP contribution is -2.35. The summed E-state index contributed by atoms with van der Waals surface area (Å²) in [4.78, 5) is 21.2. The number of pyridine rings is 1. The molecule has 1 aliphatic heterocycles. The van der Waals surface area contributed by atoms with Gasteiger partial charge in [-0.05, 0) is 42.5 Å². The first-order chi connectivity index (χ1) is 12.1. The van der Waals surface area contributed by atoms with Crippen LogP contribution in [-0.4, -0.2) is 17.4 Å². The van der Waals surface area contributed by atoms with E-state index in [4.69, 9.17) is 10.7 Å². The number of para-hydroxylation sites is 1. The van der Waals surface area contributed by atoms with Crippen LogP contribution in [0.2, 0.25) is 0 Å². The van der Waals surface area contributed by atoms with E-state index in [0.29, 0.717) is 16.5 Å². The molecule has 0 aliphatic carbocycles. The fourth-order valence-electron chi connectivity index (χ4n) is 3.36. The number of carbonyl (C=O) groups excluding carboxylic acids is 1. The van der Waals surface area contributed by atoms with Crippen LogP contribution >= 0.6 is 11.3 Å². The monoisotopic (exact) mass is 351 g/mol. The Kier molecular flexibility index (Phi) is 3.96. The van der Waals surface area contributed by atoms with Crippen molar-refractivity contribution >= 4 is 38.8 Å². The number of hydrogen-bond donors (Lipinski definition) is 1. The van der Waals surface area contributed by atoms with Gasteiger partial charge in [0.25, 0.3) is 5.91 Å². The molecule has 0 spiro atoms. The van der Waals surface area contributed by atoms with Crippen LogP contribution in [0.3, 0.4) is 0 Å². The van der Waals surface area contributed by atoms with Gasteiger partial charge in [-0.25, -0.2) is 4.98 Å². The van der Waals surface area contributed by atoms with Crippen molar-refractivity contribution in [1.82, 2.24) is 4.98 Å². The van der Waals surface area contributed by atoms with Crippen LogP contribution in [0.25, 0.3) is 10.2 Å². The Morgan fingerprint density at radius 1 is 1.24 bits per heavy atom. The van der Waals surface area contributed by atoms with Crippen molar-refractivity contribution in [3.8, 4) is 0 Å². The molecule has 0 radical (unpaired) electrons. The minimum Gasteiger partial charge on any atom is -0.397 e. The summed E-state index contributed by atoms with van der Waals surface area (Å²) >= 11 is 1.40. The van der Waals surface area contributed by atoms with Crippen molar-refractivity contribution in [1.29, 1.82) is 0 Å². The van der Waals surface area contributed by atoms with Gasteiger partial charge in [-0.15, -0.1) is 11.3 Å². The lowest BCUT2D eigenvalue weighted by molar-refractivity contribution is 0.0990. The molecule has 0 unspecified atom stereocenters. The van der Waals surface area contributed by atoms with E-state index in [1.54, 1.807) is 0 Å². The molecule has 5 heteroatoms. The number of anilines is 2. The minimum absolute atomic E-state index is 0.0150. The Balaban J connectivity index is 1.77. The first kappa shape index (κ1) is 16.1. The van der Waals surface area contributed by atoms with Crippen molar-refractivity contribution in [2.24, 2.45) is 0 Å². The molecule has 4 rings (SSSR count). The maximum atomic E-state index is 13.2.